The molecule has 3 fully saturated rings. The Morgan fingerprint density at radius 2 is 1.85 bits per heavy atom. The van der Waals surface area contributed by atoms with Gasteiger partial charge in [0.05, 0.1) is 5.60 Å². The lowest BCUT2D eigenvalue weighted by atomic mass is 9.47. The van der Waals surface area contributed by atoms with Crippen LogP contribution >= 0.6 is 0 Å². The Morgan fingerprint density at radius 3 is 2.62 bits per heavy atom. The first-order valence-corrected chi connectivity index (χ1v) is 11.3. The van der Waals surface area contributed by atoms with Crippen LogP contribution in [0.2, 0.25) is 0 Å². The molecule has 0 aromatic heterocycles. The van der Waals surface area contributed by atoms with E-state index in [2.05, 4.69) is 26.8 Å². The maximum atomic E-state index is 12.5. The fourth-order valence-corrected chi connectivity index (χ4v) is 7.40. The van der Waals surface area contributed by atoms with Crippen LogP contribution in [0.25, 0.3) is 0 Å². The van der Waals surface area contributed by atoms with Crippen LogP contribution in [-0.4, -0.2) is 16.5 Å². The van der Waals surface area contributed by atoms with E-state index in [-0.39, 0.29) is 10.8 Å². The highest BCUT2D eigenvalue weighted by atomic mass is 16.3. The Bertz CT molecular complexity index is 607. The second-order valence-electron chi connectivity index (χ2n) is 10.5. The van der Waals surface area contributed by atoms with Crippen molar-refractivity contribution in [2.45, 2.75) is 103 Å². The largest absolute Gasteiger partial charge is 0.390 e. The fourth-order valence-electron chi connectivity index (χ4n) is 7.40. The van der Waals surface area contributed by atoms with Crippen LogP contribution in [-0.2, 0) is 4.79 Å². The predicted octanol–water partition coefficient (Wildman–Crippen LogP) is 5.83. The fraction of sp³-hybridized carbons (Fsp3) is 0.875. The molecule has 1 N–H and O–H groups in total. The molecule has 146 valence electrons. The van der Waals surface area contributed by atoms with E-state index in [4.69, 9.17) is 0 Å². The highest BCUT2D eigenvalue weighted by Gasteiger charge is 2.59. The molecule has 6 atom stereocenters. The number of hydrogen-bond acceptors (Lipinski definition) is 2. The molecular weight excluding hydrogens is 320 g/mol. The van der Waals surface area contributed by atoms with Crippen molar-refractivity contribution in [3.8, 4) is 0 Å². The van der Waals surface area contributed by atoms with Crippen LogP contribution in [0.15, 0.2) is 11.6 Å². The van der Waals surface area contributed by atoms with Crippen LogP contribution < -0.4 is 0 Å². The van der Waals surface area contributed by atoms with Gasteiger partial charge in [0.15, 0.2) is 0 Å². The number of unbranched alkanes of at least 4 members (excludes halogenated alkanes) is 2. The monoisotopic (exact) mass is 358 g/mol. The minimum atomic E-state index is -0.458. The molecule has 0 saturated heterocycles. The Labute approximate surface area is 159 Å². The van der Waals surface area contributed by atoms with E-state index >= 15 is 0 Å². The van der Waals surface area contributed by atoms with Gasteiger partial charge in [0.2, 0.25) is 0 Å². The quantitative estimate of drug-likeness (QED) is 0.507. The number of fused-ring (bicyclic) bond motifs is 5. The lowest BCUT2D eigenvalue weighted by Crippen LogP contribution is -2.52. The van der Waals surface area contributed by atoms with Gasteiger partial charge in [-0.1, -0.05) is 51.7 Å². The summed E-state index contributed by atoms with van der Waals surface area (Å²) in [7, 11) is 0. The third kappa shape index (κ3) is 2.74. The summed E-state index contributed by atoms with van der Waals surface area (Å²) in [6.45, 7) is 6.98. The molecule has 0 aromatic rings. The zero-order valence-corrected chi connectivity index (χ0v) is 17.2. The molecule has 4 aliphatic rings. The standard InChI is InChI=1S/C24H38O2/c1-4-5-6-12-24(26)15-14-22(2)17(16-24)7-8-18-19-9-10-21(25)23(19,3)13-11-20(18)22/h7,18-20,26H,4-6,8-16H2,1-3H3/t18-,19-,20-,22-,23-,24-/m0/s1. The smallest absolute Gasteiger partial charge is 0.139 e. The average molecular weight is 359 g/mol. The zero-order chi connectivity index (χ0) is 18.6. The van der Waals surface area contributed by atoms with Crippen molar-refractivity contribution in [1.29, 1.82) is 0 Å². The van der Waals surface area contributed by atoms with E-state index < -0.39 is 5.60 Å². The molecule has 4 aliphatic carbocycles. The first kappa shape index (κ1) is 18.7. The molecule has 0 unspecified atom stereocenters. The van der Waals surface area contributed by atoms with Crippen LogP contribution in [0, 0.1) is 28.6 Å². The van der Waals surface area contributed by atoms with E-state index in [1.165, 1.54) is 19.3 Å². The van der Waals surface area contributed by atoms with Crippen LogP contribution in [0.5, 0.6) is 0 Å². The molecule has 0 aliphatic heterocycles. The molecule has 0 heterocycles. The number of hydrogen-bond donors (Lipinski definition) is 1. The van der Waals surface area contributed by atoms with Crippen molar-refractivity contribution < 1.29 is 9.90 Å². The van der Waals surface area contributed by atoms with Gasteiger partial charge in [0.25, 0.3) is 0 Å². The van der Waals surface area contributed by atoms with Crippen LogP contribution in [0.3, 0.4) is 0 Å². The summed E-state index contributed by atoms with van der Waals surface area (Å²) in [4.78, 5) is 12.5. The molecular formula is C24H38O2. The van der Waals surface area contributed by atoms with Gasteiger partial charge < -0.3 is 5.11 Å². The summed E-state index contributed by atoms with van der Waals surface area (Å²) < 4.78 is 0. The molecule has 4 rings (SSSR count). The SMILES string of the molecule is CCCCC[C@]1(O)CC[C@@]2(C)C(=CC[C@@H]3[C@@H]2CC[C@]2(C)C(=O)CC[C@@H]32)C1. The van der Waals surface area contributed by atoms with Crippen molar-refractivity contribution >= 4 is 5.78 Å². The first-order chi connectivity index (χ1) is 12.3. The number of carbonyl (C=O) groups excluding carboxylic acids is 1. The summed E-state index contributed by atoms with van der Waals surface area (Å²) in [5.41, 5.74) is 1.34. The summed E-state index contributed by atoms with van der Waals surface area (Å²) >= 11 is 0. The number of allylic oxidation sites excluding steroid dienone is 1. The second-order valence-corrected chi connectivity index (χ2v) is 10.5. The molecule has 0 amide bonds. The molecule has 0 spiro atoms. The van der Waals surface area contributed by atoms with Crippen molar-refractivity contribution in [3.05, 3.63) is 11.6 Å². The van der Waals surface area contributed by atoms with Gasteiger partial charge in [-0.2, -0.15) is 0 Å². The van der Waals surface area contributed by atoms with Gasteiger partial charge in [0.1, 0.15) is 5.78 Å². The minimum Gasteiger partial charge on any atom is -0.390 e. The average Bonchev–Trinajstić information content (AvgIpc) is 2.91. The molecule has 0 aromatic carbocycles. The van der Waals surface area contributed by atoms with Gasteiger partial charge in [-0.05, 0) is 74.5 Å². The van der Waals surface area contributed by atoms with Crippen molar-refractivity contribution in [2.24, 2.45) is 28.6 Å². The van der Waals surface area contributed by atoms with Crippen molar-refractivity contribution in [2.75, 3.05) is 0 Å². The number of rotatable bonds is 4. The van der Waals surface area contributed by atoms with Gasteiger partial charge >= 0.3 is 0 Å². The first-order valence-electron chi connectivity index (χ1n) is 11.3. The third-order valence-corrected chi connectivity index (χ3v) is 9.21. The molecule has 26 heavy (non-hydrogen) atoms. The maximum Gasteiger partial charge on any atom is 0.139 e. The Balaban J connectivity index is 1.55. The normalized spacial score (nSPS) is 47.8. The van der Waals surface area contributed by atoms with Crippen molar-refractivity contribution in [1.82, 2.24) is 0 Å². The van der Waals surface area contributed by atoms with Gasteiger partial charge in [-0.15, -0.1) is 0 Å². The second kappa shape index (κ2) is 6.47. The summed E-state index contributed by atoms with van der Waals surface area (Å²) in [5, 5.41) is 11.2. The Kier molecular flexibility index (Phi) is 4.66. The number of ketones is 1. The topological polar surface area (TPSA) is 37.3 Å². The predicted molar refractivity (Wildman–Crippen MR) is 106 cm³/mol. The minimum absolute atomic E-state index is 0.0293. The molecule has 2 heteroatoms. The van der Waals surface area contributed by atoms with Crippen LogP contribution in [0.4, 0.5) is 0 Å². The van der Waals surface area contributed by atoms with E-state index in [0.717, 1.165) is 63.7 Å². The van der Waals surface area contributed by atoms with Gasteiger partial charge in [0, 0.05) is 11.8 Å². The van der Waals surface area contributed by atoms with E-state index in [9.17, 15) is 9.90 Å². The van der Waals surface area contributed by atoms with Gasteiger partial charge in [-0.3, -0.25) is 4.79 Å². The number of carbonyl (C=O) groups is 1. The lowest BCUT2D eigenvalue weighted by Gasteiger charge is -2.58. The Morgan fingerprint density at radius 1 is 1.08 bits per heavy atom. The third-order valence-electron chi connectivity index (χ3n) is 9.21. The molecule has 0 bridgehead atoms. The highest BCUT2D eigenvalue weighted by molar-refractivity contribution is 5.87. The highest BCUT2D eigenvalue weighted by Crippen LogP contribution is 2.64. The lowest BCUT2D eigenvalue weighted by molar-refractivity contribution is -0.132. The molecule has 0 radical (unpaired) electrons. The summed E-state index contributed by atoms with van der Waals surface area (Å²) in [6, 6.07) is 0. The molecule has 2 nitrogen and oxygen atoms in total. The summed E-state index contributed by atoms with van der Waals surface area (Å²) in [6.07, 6.45) is 15.5. The zero-order valence-electron chi connectivity index (χ0n) is 17.2. The number of Topliss-reactive ketones (excluding diaryl/α,β-unsaturated/α-hetero) is 1. The van der Waals surface area contributed by atoms with Crippen LogP contribution in [0.1, 0.15) is 97.8 Å². The number of aliphatic hydroxyl groups is 1. The van der Waals surface area contributed by atoms with Gasteiger partial charge in [-0.25, -0.2) is 0 Å². The Hall–Kier alpha value is -0.630. The maximum absolute atomic E-state index is 12.5. The molecule has 3 saturated carbocycles. The summed E-state index contributed by atoms with van der Waals surface area (Å²) in [5.74, 6) is 2.57. The van der Waals surface area contributed by atoms with E-state index in [1.807, 2.05) is 0 Å². The van der Waals surface area contributed by atoms with E-state index in [0.29, 0.717) is 17.6 Å². The van der Waals surface area contributed by atoms with Crippen molar-refractivity contribution in [3.63, 3.8) is 0 Å². The van der Waals surface area contributed by atoms with E-state index in [1.54, 1.807) is 5.57 Å².